The number of hydrogen-bond acceptors (Lipinski definition) is 4. The summed E-state index contributed by atoms with van der Waals surface area (Å²) in [5, 5.41) is 4.31. The molecule has 0 fully saturated rings. The maximum Gasteiger partial charge on any atom is 0.239 e. The Kier molecular flexibility index (Phi) is 4.87. The van der Waals surface area contributed by atoms with Crippen LogP contribution in [0.3, 0.4) is 0 Å². The van der Waals surface area contributed by atoms with Gasteiger partial charge in [0.05, 0.1) is 13.2 Å². The van der Waals surface area contributed by atoms with Crippen molar-refractivity contribution in [3.63, 3.8) is 0 Å². The second kappa shape index (κ2) is 6.63. The van der Waals surface area contributed by atoms with Gasteiger partial charge in [0.2, 0.25) is 5.91 Å². The molecule has 1 aromatic carbocycles. The molecule has 2 rings (SSSR count). The van der Waals surface area contributed by atoms with E-state index in [1.807, 2.05) is 6.92 Å². The van der Waals surface area contributed by atoms with E-state index in [0.717, 1.165) is 11.8 Å². The standard InChI is InChI=1S/C15H20N2O3/c1-11-5-6-12-10-20-17(9-13(12)8-11)14(4-3-7-18)15(19)16-2/h5-8,14H,3-4,9-10H2,1-2H3,(H,16,19). The number of fused-ring (bicyclic) bond motifs is 1. The van der Waals surface area contributed by atoms with Gasteiger partial charge in [-0.25, -0.2) is 0 Å². The van der Waals surface area contributed by atoms with Crippen molar-refractivity contribution >= 4 is 12.2 Å². The number of aldehydes is 1. The average Bonchev–Trinajstić information content (AvgIpc) is 2.46. The Balaban J connectivity index is 2.15. The van der Waals surface area contributed by atoms with Crippen molar-refractivity contribution in [2.75, 3.05) is 7.05 Å². The zero-order chi connectivity index (χ0) is 14.5. The smallest absolute Gasteiger partial charge is 0.239 e. The van der Waals surface area contributed by atoms with Gasteiger partial charge in [0.15, 0.2) is 0 Å². The normalized spacial score (nSPS) is 16.3. The second-order valence-corrected chi connectivity index (χ2v) is 4.99. The Morgan fingerprint density at radius 1 is 1.50 bits per heavy atom. The van der Waals surface area contributed by atoms with Crippen molar-refractivity contribution in [1.82, 2.24) is 10.4 Å². The predicted octanol–water partition coefficient (Wildman–Crippen LogP) is 1.34. The molecule has 0 saturated carbocycles. The van der Waals surface area contributed by atoms with Crippen molar-refractivity contribution in [3.8, 4) is 0 Å². The van der Waals surface area contributed by atoms with Crippen LogP contribution in [0.5, 0.6) is 0 Å². The first-order chi connectivity index (χ1) is 9.65. The van der Waals surface area contributed by atoms with Crippen LogP contribution in [0.2, 0.25) is 0 Å². The molecular formula is C15H20N2O3. The van der Waals surface area contributed by atoms with Crippen LogP contribution in [0, 0.1) is 6.92 Å². The fourth-order valence-corrected chi connectivity index (χ4v) is 2.41. The summed E-state index contributed by atoms with van der Waals surface area (Å²) in [5.74, 6) is -0.122. The number of carbonyl (C=O) groups excluding carboxylic acids is 2. The molecule has 1 heterocycles. The molecule has 0 aliphatic carbocycles. The number of hydrogen-bond donors (Lipinski definition) is 1. The Bertz CT molecular complexity index is 502. The van der Waals surface area contributed by atoms with Gasteiger partial charge in [-0.2, -0.15) is 5.06 Å². The van der Waals surface area contributed by atoms with E-state index in [1.165, 1.54) is 11.1 Å². The highest BCUT2D eigenvalue weighted by Gasteiger charge is 2.29. The minimum Gasteiger partial charge on any atom is -0.358 e. The molecule has 108 valence electrons. The lowest BCUT2D eigenvalue weighted by molar-refractivity contribution is -0.214. The maximum absolute atomic E-state index is 11.9. The molecule has 0 bridgehead atoms. The van der Waals surface area contributed by atoms with Gasteiger partial charge in [0.25, 0.3) is 0 Å². The summed E-state index contributed by atoms with van der Waals surface area (Å²) in [5.41, 5.74) is 3.52. The summed E-state index contributed by atoms with van der Waals surface area (Å²) in [7, 11) is 1.60. The number of rotatable bonds is 5. The Labute approximate surface area is 118 Å². The lowest BCUT2D eigenvalue weighted by Gasteiger charge is -2.33. The highest BCUT2D eigenvalue weighted by atomic mass is 16.7. The van der Waals surface area contributed by atoms with E-state index in [4.69, 9.17) is 4.84 Å². The molecule has 20 heavy (non-hydrogen) atoms. The van der Waals surface area contributed by atoms with Gasteiger partial charge >= 0.3 is 0 Å². The van der Waals surface area contributed by atoms with Crippen LogP contribution in [0.4, 0.5) is 0 Å². The van der Waals surface area contributed by atoms with Crippen molar-refractivity contribution in [2.45, 2.75) is 39.0 Å². The highest BCUT2D eigenvalue weighted by molar-refractivity contribution is 5.81. The third-order valence-corrected chi connectivity index (χ3v) is 3.53. The average molecular weight is 276 g/mol. The number of benzene rings is 1. The molecule has 1 amide bonds. The molecule has 1 aliphatic heterocycles. The molecule has 1 aliphatic rings. The first kappa shape index (κ1) is 14.7. The monoisotopic (exact) mass is 276 g/mol. The van der Waals surface area contributed by atoms with Crippen molar-refractivity contribution in [1.29, 1.82) is 0 Å². The van der Waals surface area contributed by atoms with E-state index in [1.54, 1.807) is 12.1 Å². The Hall–Kier alpha value is -1.72. The predicted molar refractivity (Wildman–Crippen MR) is 74.7 cm³/mol. The van der Waals surface area contributed by atoms with E-state index in [0.29, 0.717) is 26.0 Å². The number of hydroxylamine groups is 2. The van der Waals surface area contributed by atoms with Crippen LogP contribution in [0.15, 0.2) is 18.2 Å². The zero-order valence-electron chi connectivity index (χ0n) is 11.9. The number of amides is 1. The Morgan fingerprint density at radius 2 is 2.30 bits per heavy atom. The lowest BCUT2D eigenvalue weighted by Crippen LogP contribution is -2.46. The second-order valence-electron chi connectivity index (χ2n) is 4.99. The van der Waals surface area contributed by atoms with Crippen LogP contribution in [-0.2, 0) is 27.6 Å². The third kappa shape index (κ3) is 3.23. The minimum absolute atomic E-state index is 0.122. The number of aryl methyl sites for hydroxylation is 1. The van der Waals surface area contributed by atoms with Gasteiger partial charge in [-0.05, 0) is 24.5 Å². The molecule has 0 spiro atoms. The fourth-order valence-electron chi connectivity index (χ4n) is 2.41. The highest BCUT2D eigenvalue weighted by Crippen LogP contribution is 2.24. The number of nitrogens with one attached hydrogen (secondary N) is 1. The van der Waals surface area contributed by atoms with Crippen molar-refractivity contribution in [2.24, 2.45) is 0 Å². The number of carbonyl (C=O) groups is 2. The van der Waals surface area contributed by atoms with Crippen LogP contribution < -0.4 is 5.32 Å². The number of likely N-dealkylation sites (N-methyl/N-ethyl adjacent to an activating group) is 1. The summed E-state index contributed by atoms with van der Waals surface area (Å²) < 4.78 is 0. The van der Waals surface area contributed by atoms with Crippen LogP contribution >= 0.6 is 0 Å². The van der Waals surface area contributed by atoms with Gasteiger partial charge in [0, 0.05) is 13.5 Å². The summed E-state index contributed by atoms with van der Waals surface area (Å²) in [6, 6.07) is 5.80. The molecule has 1 N–H and O–H groups in total. The van der Waals surface area contributed by atoms with Gasteiger partial charge in [-0.1, -0.05) is 23.8 Å². The maximum atomic E-state index is 11.9. The molecular weight excluding hydrogens is 256 g/mol. The van der Waals surface area contributed by atoms with Crippen molar-refractivity contribution in [3.05, 3.63) is 34.9 Å². The largest absolute Gasteiger partial charge is 0.358 e. The van der Waals surface area contributed by atoms with Crippen molar-refractivity contribution < 1.29 is 14.4 Å². The van der Waals surface area contributed by atoms with Crippen LogP contribution in [0.1, 0.15) is 29.5 Å². The number of nitrogens with zero attached hydrogens (tertiary/aromatic N) is 1. The van der Waals surface area contributed by atoms with E-state index < -0.39 is 6.04 Å². The summed E-state index contributed by atoms with van der Waals surface area (Å²) >= 11 is 0. The molecule has 1 unspecified atom stereocenters. The third-order valence-electron chi connectivity index (χ3n) is 3.53. The first-order valence-corrected chi connectivity index (χ1v) is 6.79. The summed E-state index contributed by atoms with van der Waals surface area (Å²) in [6.45, 7) is 3.07. The molecule has 0 aromatic heterocycles. The van der Waals surface area contributed by atoms with E-state index in [-0.39, 0.29) is 5.91 Å². The summed E-state index contributed by atoms with van der Waals surface area (Å²) in [4.78, 5) is 28.2. The van der Waals surface area contributed by atoms with Crippen LogP contribution in [-0.4, -0.2) is 30.3 Å². The molecule has 0 saturated heterocycles. The summed E-state index contributed by atoms with van der Waals surface area (Å²) in [6.07, 6.45) is 1.64. The van der Waals surface area contributed by atoms with Gasteiger partial charge < -0.3 is 10.1 Å². The molecule has 1 aromatic rings. The van der Waals surface area contributed by atoms with Gasteiger partial charge in [-0.3, -0.25) is 9.63 Å². The van der Waals surface area contributed by atoms with Gasteiger partial charge in [0.1, 0.15) is 12.3 Å². The van der Waals surface area contributed by atoms with E-state index in [2.05, 4.69) is 23.5 Å². The van der Waals surface area contributed by atoms with Gasteiger partial charge in [-0.15, -0.1) is 0 Å². The molecule has 0 radical (unpaired) electrons. The molecule has 5 heteroatoms. The quantitative estimate of drug-likeness (QED) is 0.824. The minimum atomic E-state index is -0.432. The van der Waals surface area contributed by atoms with Crippen LogP contribution in [0.25, 0.3) is 0 Å². The SMILES string of the molecule is CNC(=O)C(CCC=O)N1Cc2cc(C)ccc2CO1. The zero-order valence-corrected chi connectivity index (χ0v) is 11.9. The van der Waals surface area contributed by atoms with E-state index in [9.17, 15) is 9.59 Å². The fraction of sp³-hybridized carbons (Fsp3) is 0.467. The molecule has 1 atom stereocenters. The Morgan fingerprint density at radius 3 is 3.00 bits per heavy atom. The first-order valence-electron chi connectivity index (χ1n) is 6.79. The van der Waals surface area contributed by atoms with E-state index >= 15 is 0 Å². The molecule has 5 nitrogen and oxygen atoms in total. The topological polar surface area (TPSA) is 58.6 Å². The lowest BCUT2D eigenvalue weighted by atomic mass is 10.0.